The van der Waals surface area contributed by atoms with Crippen molar-refractivity contribution in [2.45, 2.75) is 37.8 Å². The summed E-state index contributed by atoms with van der Waals surface area (Å²) in [6, 6.07) is 0.0729. The van der Waals surface area contributed by atoms with E-state index in [1.54, 1.807) is 0 Å². The number of nitrogens with zero attached hydrogens (tertiary/aromatic N) is 3. The first kappa shape index (κ1) is 18.0. The van der Waals surface area contributed by atoms with Crippen molar-refractivity contribution in [3.05, 3.63) is 5.01 Å². The number of aliphatic carboxylic acids is 1. The third-order valence-corrected chi connectivity index (χ3v) is 5.43. The molecule has 3 rings (SSSR count). The zero-order valence-corrected chi connectivity index (χ0v) is 14.8. The third-order valence-electron chi connectivity index (χ3n) is 4.45. The molecule has 0 unspecified atom stereocenters. The maximum absolute atomic E-state index is 12.4. The highest BCUT2D eigenvalue weighted by atomic mass is 32.1. The van der Waals surface area contributed by atoms with Crippen LogP contribution in [0, 0.1) is 0 Å². The van der Waals surface area contributed by atoms with Crippen LogP contribution in [0.15, 0.2) is 0 Å². The first-order valence-corrected chi connectivity index (χ1v) is 9.37. The summed E-state index contributed by atoms with van der Waals surface area (Å²) in [5.41, 5.74) is 0. The van der Waals surface area contributed by atoms with Crippen molar-refractivity contribution < 1.29 is 19.4 Å². The van der Waals surface area contributed by atoms with Crippen LogP contribution in [0.1, 0.15) is 35.5 Å². The number of carbonyl (C=O) groups is 2. The minimum atomic E-state index is -0.952. The van der Waals surface area contributed by atoms with Crippen LogP contribution in [0.25, 0.3) is 0 Å². The van der Waals surface area contributed by atoms with Gasteiger partial charge in [0.25, 0.3) is 5.91 Å². The molecule has 0 spiro atoms. The number of carboxylic acids is 1. The summed E-state index contributed by atoms with van der Waals surface area (Å²) in [6.45, 7) is 3.30. The van der Waals surface area contributed by atoms with Crippen molar-refractivity contribution >= 4 is 28.3 Å². The van der Waals surface area contributed by atoms with Gasteiger partial charge in [-0.2, -0.15) is 0 Å². The van der Waals surface area contributed by atoms with Gasteiger partial charge in [0.15, 0.2) is 0 Å². The van der Waals surface area contributed by atoms with Crippen LogP contribution in [-0.2, 0) is 9.53 Å². The number of anilines is 1. The van der Waals surface area contributed by atoms with E-state index in [0.29, 0.717) is 5.01 Å². The predicted molar refractivity (Wildman–Crippen MR) is 92.1 cm³/mol. The normalized spacial score (nSPS) is 24.1. The molecule has 1 amide bonds. The number of piperazine rings is 1. The van der Waals surface area contributed by atoms with Gasteiger partial charge in [-0.25, -0.2) is 4.79 Å². The lowest BCUT2D eigenvalue weighted by Crippen LogP contribution is -2.43. The monoisotopic (exact) mass is 369 g/mol. The lowest BCUT2D eigenvalue weighted by Gasteiger charge is -2.28. The van der Waals surface area contributed by atoms with Gasteiger partial charge in [-0.3, -0.25) is 4.79 Å². The Morgan fingerprint density at radius 1 is 1.24 bits per heavy atom. The molecule has 0 atom stereocenters. The Balaban J connectivity index is 1.45. The Morgan fingerprint density at radius 2 is 1.96 bits per heavy atom. The summed E-state index contributed by atoms with van der Waals surface area (Å²) in [4.78, 5) is 25.0. The molecular formula is C15H23N5O4S. The Morgan fingerprint density at radius 3 is 2.64 bits per heavy atom. The molecule has 2 aliphatic rings. The average molecular weight is 369 g/mol. The fourth-order valence-electron chi connectivity index (χ4n) is 3.10. The Hall–Kier alpha value is -1.78. The van der Waals surface area contributed by atoms with Crippen molar-refractivity contribution in [3.8, 4) is 0 Å². The number of hydrogen-bond acceptors (Lipinski definition) is 8. The van der Waals surface area contributed by atoms with Gasteiger partial charge in [0.1, 0.15) is 6.61 Å². The second kappa shape index (κ2) is 8.54. The van der Waals surface area contributed by atoms with Crippen molar-refractivity contribution in [3.63, 3.8) is 0 Å². The molecule has 138 valence electrons. The molecule has 25 heavy (non-hydrogen) atoms. The SMILES string of the molecule is O=C(O)COC1CCC(NC(=O)c2nnc(N3CCNCC3)s2)CC1. The van der Waals surface area contributed by atoms with Gasteiger partial charge in [-0.15, -0.1) is 10.2 Å². The van der Waals surface area contributed by atoms with E-state index in [4.69, 9.17) is 9.84 Å². The number of rotatable bonds is 6. The molecular weight excluding hydrogens is 346 g/mol. The number of ether oxygens (including phenoxy) is 1. The molecule has 1 aliphatic carbocycles. The zero-order chi connectivity index (χ0) is 17.6. The molecule has 2 fully saturated rings. The predicted octanol–water partition coefficient (Wildman–Crippen LogP) is 0.0899. The van der Waals surface area contributed by atoms with Crippen LogP contribution in [0.3, 0.4) is 0 Å². The minimum Gasteiger partial charge on any atom is -0.480 e. The van der Waals surface area contributed by atoms with Crippen LogP contribution < -0.4 is 15.5 Å². The third kappa shape index (κ3) is 5.10. The van der Waals surface area contributed by atoms with E-state index in [2.05, 4.69) is 25.7 Å². The molecule has 0 aromatic carbocycles. The van der Waals surface area contributed by atoms with Gasteiger partial charge < -0.3 is 25.4 Å². The average Bonchev–Trinajstić information content (AvgIpc) is 3.12. The molecule has 0 radical (unpaired) electrons. The van der Waals surface area contributed by atoms with Crippen LogP contribution in [0.2, 0.25) is 0 Å². The fourth-order valence-corrected chi connectivity index (χ4v) is 3.90. The number of nitrogens with one attached hydrogen (secondary N) is 2. The van der Waals surface area contributed by atoms with E-state index in [1.165, 1.54) is 11.3 Å². The summed E-state index contributed by atoms with van der Waals surface area (Å²) in [6.07, 6.45) is 3.02. The summed E-state index contributed by atoms with van der Waals surface area (Å²) in [5, 5.41) is 24.3. The number of carbonyl (C=O) groups excluding carboxylic acids is 1. The Bertz CT molecular complexity index is 596. The molecule has 1 aromatic rings. The van der Waals surface area contributed by atoms with Crippen molar-refractivity contribution in [2.24, 2.45) is 0 Å². The lowest BCUT2D eigenvalue weighted by atomic mass is 9.93. The maximum Gasteiger partial charge on any atom is 0.329 e. The van der Waals surface area contributed by atoms with Crippen molar-refractivity contribution in [1.29, 1.82) is 0 Å². The number of hydrogen-bond donors (Lipinski definition) is 3. The molecule has 0 bridgehead atoms. The molecule has 1 saturated carbocycles. The molecule has 1 aromatic heterocycles. The van der Waals surface area contributed by atoms with Gasteiger partial charge in [0, 0.05) is 32.2 Å². The molecule has 1 saturated heterocycles. The first-order chi connectivity index (χ1) is 12.1. The van der Waals surface area contributed by atoms with Gasteiger partial charge >= 0.3 is 5.97 Å². The summed E-state index contributed by atoms with van der Waals surface area (Å²) in [5.74, 6) is -1.14. The van der Waals surface area contributed by atoms with Crippen molar-refractivity contribution in [2.75, 3.05) is 37.7 Å². The topological polar surface area (TPSA) is 117 Å². The Labute approximate surface area is 149 Å². The lowest BCUT2D eigenvalue weighted by molar-refractivity contribution is -0.145. The number of amides is 1. The summed E-state index contributed by atoms with van der Waals surface area (Å²) in [7, 11) is 0. The van der Waals surface area contributed by atoms with E-state index in [-0.39, 0.29) is 24.7 Å². The summed E-state index contributed by atoms with van der Waals surface area (Å²) >= 11 is 1.32. The molecule has 3 N–H and O–H groups in total. The second-order valence-electron chi connectivity index (χ2n) is 6.28. The zero-order valence-electron chi connectivity index (χ0n) is 13.9. The molecule has 9 nitrogen and oxygen atoms in total. The largest absolute Gasteiger partial charge is 0.480 e. The van der Waals surface area contributed by atoms with Crippen LogP contribution in [-0.4, -0.2) is 72.1 Å². The first-order valence-electron chi connectivity index (χ1n) is 8.55. The van der Waals surface area contributed by atoms with Gasteiger partial charge in [0.05, 0.1) is 6.10 Å². The molecule has 10 heteroatoms. The van der Waals surface area contributed by atoms with E-state index >= 15 is 0 Å². The van der Waals surface area contributed by atoms with Gasteiger partial charge in [-0.1, -0.05) is 11.3 Å². The van der Waals surface area contributed by atoms with Gasteiger partial charge in [-0.05, 0) is 25.7 Å². The number of aromatic nitrogens is 2. The highest BCUT2D eigenvalue weighted by Crippen LogP contribution is 2.23. The van der Waals surface area contributed by atoms with E-state index < -0.39 is 5.97 Å². The fraction of sp³-hybridized carbons (Fsp3) is 0.733. The van der Waals surface area contributed by atoms with Crippen LogP contribution in [0.4, 0.5) is 5.13 Å². The van der Waals surface area contributed by atoms with Crippen LogP contribution in [0.5, 0.6) is 0 Å². The second-order valence-corrected chi connectivity index (χ2v) is 7.23. The number of carboxylic acid groups (broad SMARTS) is 1. The smallest absolute Gasteiger partial charge is 0.329 e. The van der Waals surface area contributed by atoms with Gasteiger partial charge in [0.2, 0.25) is 10.1 Å². The maximum atomic E-state index is 12.4. The van der Waals surface area contributed by atoms with Crippen LogP contribution >= 0.6 is 11.3 Å². The molecule has 1 aliphatic heterocycles. The van der Waals surface area contributed by atoms with E-state index in [0.717, 1.165) is 57.0 Å². The standard InChI is InChI=1S/C15H23N5O4S/c21-12(22)9-24-11-3-1-10(2-4-11)17-13(23)14-18-19-15(25-14)20-7-5-16-6-8-20/h10-11,16H,1-9H2,(H,17,23)(H,21,22). The van der Waals surface area contributed by atoms with E-state index in [1.807, 2.05) is 0 Å². The highest BCUT2D eigenvalue weighted by molar-refractivity contribution is 7.17. The Kier molecular flexibility index (Phi) is 6.16. The van der Waals surface area contributed by atoms with E-state index in [9.17, 15) is 9.59 Å². The molecule has 2 heterocycles. The quantitative estimate of drug-likeness (QED) is 0.646. The highest BCUT2D eigenvalue weighted by Gasteiger charge is 2.25. The van der Waals surface area contributed by atoms with Crippen molar-refractivity contribution in [1.82, 2.24) is 20.8 Å². The summed E-state index contributed by atoms with van der Waals surface area (Å²) < 4.78 is 5.31. The minimum absolute atomic E-state index is 0.0369.